The zero-order valence-electron chi connectivity index (χ0n) is 14.3. The van der Waals surface area contributed by atoms with Crippen LogP contribution in [0.15, 0.2) is 24.4 Å². The fourth-order valence-electron chi connectivity index (χ4n) is 2.39. The van der Waals surface area contributed by atoms with E-state index < -0.39 is 0 Å². The van der Waals surface area contributed by atoms with Crippen LogP contribution in [0, 0.1) is 6.92 Å². The zero-order valence-corrected chi connectivity index (χ0v) is 15.1. The molecule has 3 aromatic heterocycles. The number of ether oxygens (including phenoxy) is 1. The van der Waals surface area contributed by atoms with Gasteiger partial charge in [0.1, 0.15) is 17.6 Å². The highest BCUT2D eigenvalue weighted by molar-refractivity contribution is 6.29. The van der Waals surface area contributed by atoms with Crippen LogP contribution in [0.2, 0.25) is 5.15 Å². The second-order valence-corrected chi connectivity index (χ2v) is 6.20. The predicted molar refractivity (Wildman–Crippen MR) is 95.8 cm³/mol. The number of amides is 1. The first-order valence-electron chi connectivity index (χ1n) is 7.91. The van der Waals surface area contributed by atoms with Gasteiger partial charge in [-0.3, -0.25) is 4.79 Å². The number of carbonyl (C=O) groups excluding carboxylic acids is 1. The van der Waals surface area contributed by atoms with Crippen LogP contribution in [0.4, 0.5) is 5.82 Å². The van der Waals surface area contributed by atoms with Gasteiger partial charge in [-0.2, -0.15) is 5.10 Å². The van der Waals surface area contributed by atoms with Crippen LogP contribution in [-0.2, 0) is 11.3 Å². The Kier molecular flexibility index (Phi) is 5.29. The Labute approximate surface area is 154 Å². The van der Waals surface area contributed by atoms with E-state index in [9.17, 15) is 4.79 Å². The standard InChI is InChI=1S/C16H18ClN7O2/c1-9-5-13(18)22-14(20-9)8-26-7-10(2)21-16(25)11-6-19-15-4-3-12(17)23-24(11)15/h3-6,10H,7-8H2,1-2H3,(H,21,25)(H2,18,20,22)/t10-/m1/s1. The summed E-state index contributed by atoms with van der Waals surface area (Å²) in [5.74, 6) is 0.581. The van der Waals surface area contributed by atoms with Gasteiger partial charge in [-0.1, -0.05) is 11.6 Å². The van der Waals surface area contributed by atoms with Gasteiger partial charge in [0.15, 0.2) is 17.2 Å². The van der Waals surface area contributed by atoms with Crippen LogP contribution < -0.4 is 11.1 Å². The molecule has 0 bridgehead atoms. The van der Waals surface area contributed by atoms with E-state index >= 15 is 0 Å². The lowest BCUT2D eigenvalue weighted by Crippen LogP contribution is -2.36. The van der Waals surface area contributed by atoms with Crippen LogP contribution in [0.25, 0.3) is 5.65 Å². The molecule has 3 N–H and O–H groups in total. The van der Waals surface area contributed by atoms with Crippen LogP contribution >= 0.6 is 11.6 Å². The minimum absolute atomic E-state index is 0.207. The number of nitrogens with two attached hydrogens (primary N) is 1. The largest absolute Gasteiger partial charge is 0.384 e. The Balaban J connectivity index is 1.56. The monoisotopic (exact) mass is 375 g/mol. The van der Waals surface area contributed by atoms with Gasteiger partial charge in [-0.15, -0.1) is 0 Å². The minimum atomic E-state index is -0.320. The molecule has 3 heterocycles. The number of aryl methyl sites for hydroxylation is 1. The summed E-state index contributed by atoms with van der Waals surface area (Å²) in [5, 5.41) is 7.19. The van der Waals surface area contributed by atoms with E-state index in [0.29, 0.717) is 23.0 Å². The molecule has 136 valence electrons. The number of imidazole rings is 1. The molecule has 0 saturated carbocycles. The van der Waals surface area contributed by atoms with Crippen molar-refractivity contribution < 1.29 is 9.53 Å². The molecule has 10 heteroatoms. The highest BCUT2D eigenvalue weighted by atomic mass is 35.5. The van der Waals surface area contributed by atoms with Crippen LogP contribution in [0.5, 0.6) is 0 Å². The lowest BCUT2D eigenvalue weighted by Gasteiger charge is -2.14. The van der Waals surface area contributed by atoms with Crippen molar-refractivity contribution in [1.82, 2.24) is 29.9 Å². The molecule has 0 radical (unpaired) electrons. The fraction of sp³-hybridized carbons (Fsp3) is 0.312. The number of hydrogen-bond acceptors (Lipinski definition) is 7. The lowest BCUT2D eigenvalue weighted by molar-refractivity contribution is 0.0799. The van der Waals surface area contributed by atoms with Crippen LogP contribution in [0.1, 0.15) is 28.9 Å². The number of carbonyl (C=O) groups is 1. The fourth-order valence-corrected chi connectivity index (χ4v) is 2.53. The molecule has 1 amide bonds. The molecule has 0 aromatic carbocycles. The SMILES string of the molecule is Cc1cc(N)nc(COC[C@@H](C)NC(=O)c2cnc3ccc(Cl)nn23)n1. The number of aromatic nitrogens is 5. The Morgan fingerprint density at radius 1 is 1.42 bits per heavy atom. The number of nitrogens with zero attached hydrogens (tertiary/aromatic N) is 5. The van der Waals surface area contributed by atoms with Crippen molar-refractivity contribution in [3.05, 3.63) is 46.8 Å². The molecule has 3 aromatic rings. The van der Waals surface area contributed by atoms with E-state index in [-0.39, 0.29) is 30.3 Å². The lowest BCUT2D eigenvalue weighted by atomic mass is 10.3. The molecule has 0 unspecified atom stereocenters. The number of fused-ring (bicyclic) bond motifs is 1. The van der Waals surface area contributed by atoms with Crippen molar-refractivity contribution in [3.8, 4) is 0 Å². The van der Waals surface area contributed by atoms with Crippen molar-refractivity contribution in [3.63, 3.8) is 0 Å². The molecule has 0 fully saturated rings. The summed E-state index contributed by atoms with van der Waals surface area (Å²) in [7, 11) is 0. The number of nitrogens with one attached hydrogen (secondary N) is 1. The maximum atomic E-state index is 12.4. The second kappa shape index (κ2) is 7.63. The van der Waals surface area contributed by atoms with E-state index in [0.717, 1.165) is 5.69 Å². The van der Waals surface area contributed by atoms with Crippen molar-refractivity contribution >= 4 is 29.0 Å². The zero-order chi connectivity index (χ0) is 18.7. The van der Waals surface area contributed by atoms with Gasteiger partial charge >= 0.3 is 0 Å². The molecular weight excluding hydrogens is 358 g/mol. The molecule has 1 atom stereocenters. The number of rotatable bonds is 6. The van der Waals surface area contributed by atoms with Gasteiger partial charge in [0.2, 0.25) is 0 Å². The van der Waals surface area contributed by atoms with Crippen molar-refractivity contribution in [2.24, 2.45) is 0 Å². The minimum Gasteiger partial charge on any atom is -0.384 e. The average molecular weight is 376 g/mol. The van der Waals surface area contributed by atoms with E-state index in [1.807, 2.05) is 13.8 Å². The Morgan fingerprint density at radius 2 is 2.23 bits per heavy atom. The number of anilines is 1. The third kappa shape index (κ3) is 4.24. The van der Waals surface area contributed by atoms with E-state index in [1.54, 1.807) is 18.2 Å². The van der Waals surface area contributed by atoms with Gasteiger partial charge in [0.05, 0.1) is 12.8 Å². The molecule has 26 heavy (non-hydrogen) atoms. The summed E-state index contributed by atoms with van der Waals surface area (Å²) < 4.78 is 6.96. The molecule has 0 spiro atoms. The summed E-state index contributed by atoms with van der Waals surface area (Å²) in [4.78, 5) is 24.9. The predicted octanol–water partition coefficient (Wildman–Crippen LogP) is 1.40. The first-order chi connectivity index (χ1) is 12.4. The average Bonchev–Trinajstić information content (AvgIpc) is 2.97. The highest BCUT2D eigenvalue weighted by Crippen LogP contribution is 2.09. The maximum absolute atomic E-state index is 12.4. The molecule has 0 aliphatic heterocycles. The van der Waals surface area contributed by atoms with Gasteiger partial charge in [-0.05, 0) is 26.0 Å². The van der Waals surface area contributed by atoms with Crippen molar-refractivity contribution in [1.29, 1.82) is 0 Å². The number of hydrogen-bond donors (Lipinski definition) is 2. The molecule has 0 saturated heterocycles. The Bertz CT molecular complexity index is 923. The van der Waals surface area contributed by atoms with Gasteiger partial charge in [0, 0.05) is 17.8 Å². The van der Waals surface area contributed by atoms with Crippen molar-refractivity contribution in [2.75, 3.05) is 12.3 Å². The Morgan fingerprint density at radius 3 is 3.00 bits per heavy atom. The van der Waals surface area contributed by atoms with E-state index in [2.05, 4.69) is 25.4 Å². The van der Waals surface area contributed by atoms with Crippen LogP contribution in [-0.4, -0.2) is 43.1 Å². The number of nitrogen functional groups attached to an aromatic ring is 1. The van der Waals surface area contributed by atoms with E-state index in [1.165, 1.54) is 10.7 Å². The topological polar surface area (TPSA) is 120 Å². The molecule has 9 nitrogen and oxygen atoms in total. The Hall–Kier alpha value is -2.78. The third-order valence-electron chi connectivity index (χ3n) is 3.46. The summed E-state index contributed by atoms with van der Waals surface area (Å²) in [6, 6.07) is 4.74. The first kappa shape index (κ1) is 18.0. The molecular formula is C16H18ClN7O2. The van der Waals surface area contributed by atoms with E-state index in [4.69, 9.17) is 22.1 Å². The summed E-state index contributed by atoms with van der Waals surface area (Å²) in [6.45, 7) is 4.15. The summed E-state index contributed by atoms with van der Waals surface area (Å²) in [6.07, 6.45) is 1.45. The number of halogens is 1. The smallest absolute Gasteiger partial charge is 0.271 e. The maximum Gasteiger partial charge on any atom is 0.271 e. The quantitative estimate of drug-likeness (QED) is 0.667. The van der Waals surface area contributed by atoms with Gasteiger partial charge in [0.25, 0.3) is 5.91 Å². The first-order valence-corrected chi connectivity index (χ1v) is 8.29. The summed E-state index contributed by atoms with van der Waals surface area (Å²) >= 11 is 5.87. The van der Waals surface area contributed by atoms with Gasteiger partial charge in [-0.25, -0.2) is 19.5 Å². The molecule has 0 aliphatic rings. The normalized spacial score (nSPS) is 12.3. The van der Waals surface area contributed by atoms with Crippen LogP contribution in [0.3, 0.4) is 0 Å². The summed E-state index contributed by atoms with van der Waals surface area (Å²) in [5.41, 5.74) is 7.29. The molecule has 3 rings (SSSR count). The third-order valence-corrected chi connectivity index (χ3v) is 3.66. The van der Waals surface area contributed by atoms with Crippen molar-refractivity contribution in [2.45, 2.75) is 26.5 Å². The molecule has 0 aliphatic carbocycles. The highest BCUT2D eigenvalue weighted by Gasteiger charge is 2.16. The second-order valence-electron chi connectivity index (χ2n) is 5.81. The van der Waals surface area contributed by atoms with Gasteiger partial charge < -0.3 is 15.8 Å².